The Morgan fingerprint density at radius 1 is 1.47 bits per heavy atom. The maximum atomic E-state index is 10.7. The van der Waals surface area contributed by atoms with Gasteiger partial charge in [-0.3, -0.25) is 14.8 Å². The van der Waals surface area contributed by atoms with Crippen molar-refractivity contribution in [1.82, 2.24) is 9.78 Å². The number of hydrogen-bond acceptors (Lipinski definition) is 5. The summed E-state index contributed by atoms with van der Waals surface area (Å²) in [5, 5.41) is 24.8. The van der Waals surface area contributed by atoms with E-state index in [2.05, 4.69) is 5.10 Å². The van der Waals surface area contributed by atoms with Crippen molar-refractivity contribution in [3.8, 4) is 6.07 Å². The highest BCUT2D eigenvalue weighted by Crippen LogP contribution is 2.31. The van der Waals surface area contributed by atoms with Crippen LogP contribution in [0.2, 0.25) is 0 Å². The highest BCUT2D eigenvalue weighted by Gasteiger charge is 2.14. The summed E-state index contributed by atoms with van der Waals surface area (Å²) in [6, 6.07) is 8.26. The van der Waals surface area contributed by atoms with Gasteiger partial charge in [-0.05, 0) is 25.1 Å². The lowest BCUT2D eigenvalue weighted by molar-refractivity contribution is -0.385. The molecular weight excluding hydrogens is 264 g/mol. The number of aromatic nitrogens is 2. The number of nitro benzene ring substituents is 1. The Hall–Kier alpha value is -2.33. The number of nitrogens with zero attached hydrogens (tertiary/aromatic N) is 4. The van der Waals surface area contributed by atoms with Crippen LogP contribution >= 0.6 is 11.8 Å². The predicted molar refractivity (Wildman–Crippen MR) is 69.9 cm³/mol. The summed E-state index contributed by atoms with van der Waals surface area (Å²) in [6.07, 6.45) is 0. The summed E-state index contributed by atoms with van der Waals surface area (Å²) < 4.78 is 1.73. The maximum Gasteiger partial charge on any atom is 0.287 e. The van der Waals surface area contributed by atoms with Gasteiger partial charge in [-0.15, -0.1) is 0 Å². The quantitative estimate of drug-likeness (QED) is 0.634. The van der Waals surface area contributed by atoms with E-state index in [-0.39, 0.29) is 11.3 Å². The zero-order chi connectivity index (χ0) is 14.0. The predicted octanol–water partition coefficient (Wildman–Crippen LogP) is 2.66. The van der Waals surface area contributed by atoms with Crippen LogP contribution in [0.4, 0.5) is 5.69 Å². The maximum absolute atomic E-state index is 10.7. The lowest BCUT2D eigenvalue weighted by atomic mass is 10.2. The van der Waals surface area contributed by atoms with Crippen molar-refractivity contribution < 1.29 is 4.92 Å². The van der Waals surface area contributed by atoms with Crippen molar-refractivity contribution in [2.45, 2.75) is 16.8 Å². The van der Waals surface area contributed by atoms with Crippen molar-refractivity contribution in [3.63, 3.8) is 0 Å². The molecular formula is C12H10N4O2S. The summed E-state index contributed by atoms with van der Waals surface area (Å²) in [7, 11) is 1.83. The second-order valence-corrected chi connectivity index (χ2v) is 4.99. The standard InChI is InChI=1S/C12H10N4O2S/c1-8-5-12(15(2)14-8)19-10-3-4-11(16(17)18)9(6-10)7-13/h3-6H,1-2H3. The van der Waals surface area contributed by atoms with E-state index in [1.165, 1.54) is 23.9 Å². The topological polar surface area (TPSA) is 84.8 Å². The first kappa shape index (κ1) is 13.1. The first-order valence-electron chi connectivity index (χ1n) is 5.38. The number of benzene rings is 1. The van der Waals surface area contributed by atoms with Gasteiger partial charge >= 0.3 is 0 Å². The van der Waals surface area contributed by atoms with Crippen LogP contribution in [0.15, 0.2) is 34.2 Å². The minimum absolute atomic E-state index is 0.0638. The van der Waals surface area contributed by atoms with Crippen LogP contribution in [0.5, 0.6) is 0 Å². The van der Waals surface area contributed by atoms with Gasteiger partial charge in [0, 0.05) is 18.0 Å². The Morgan fingerprint density at radius 3 is 2.74 bits per heavy atom. The highest BCUT2D eigenvalue weighted by molar-refractivity contribution is 7.99. The molecule has 0 atom stereocenters. The Bertz CT molecular complexity index is 688. The fraction of sp³-hybridized carbons (Fsp3) is 0.167. The third-order valence-corrected chi connectivity index (χ3v) is 3.55. The van der Waals surface area contributed by atoms with E-state index in [4.69, 9.17) is 5.26 Å². The molecule has 0 aliphatic heterocycles. The van der Waals surface area contributed by atoms with Crippen molar-refractivity contribution in [2.24, 2.45) is 7.05 Å². The van der Waals surface area contributed by atoms with Crippen LogP contribution in [0.25, 0.3) is 0 Å². The van der Waals surface area contributed by atoms with Gasteiger partial charge in [-0.1, -0.05) is 11.8 Å². The number of aryl methyl sites for hydroxylation is 2. The summed E-state index contributed by atoms with van der Waals surface area (Å²) in [5.41, 5.74) is 0.786. The lowest BCUT2D eigenvalue weighted by Gasteiger charge is -2.02. The number of rotatable bonds is 3. The largest absolute Gasteiger partial charge is 0.287 e. The molecule has 0 aliphatic rings. The molecule has 0 fully saturated rings. The van der Waals surface area contributed by atoms with Crippen LogP contribution in [-0.2, 0) is 7.05 Å². The van der Waals surface area contributed by atoms with Crippen molar-refractivity contribution >= 4 is 17.4 Å². The molecule has 1 heterocycles. The average molecular weight is 274 g/mol. The first-order valence-corrected chi connectivity index (χ1v) is 6.20. The van der Waals surface area contributed by atoms with E-state index < -0.39 is 4.92 Å². The van der Waals surface area contributed by atoms with Crippen LogP contribution in [0.1, 0.15) is 11.3 Å². The first-order chi connectivity index (χ1) is 9.01. The second kappa shape index (κ2) is 5.12. The zero-order valence-electron chi connectivity index (χ0n) is 10.3. The molecule has 0 saturated carbocycles. The molecule has 0 radical (unpaired) electrons. The van der Waals surface area contributed by atoms with Crippen LogP contribution in [0, 0.1) is 28.4 Å². The number of hydrogen-bond donors (Lipinski definition) is 0. The molecule has 2 rings (SSSR count). The molecule has 0 amide bonds. The molecule has 0 N–H and O–H groups in total. The lowest BCUT2D eigenvalue weighted by Crippen LogP contribution is -1.94. The molecule has 19 heavy (non-hydrogen) atoms. The molecule has 0 saturated heterocycles. The van der Waals surface area contributed by atoms with E-state index in [1.54, 1.807) is 10.7 Å². The number of nitriles is 1. The summed E-state index contributed by atoms with van der Waals surface area (Å²) in [5.74, 6) is 0. The molecule has 0 aliphatic carbocycles. The van der Waals surface area contributed by atoms with Crippen LogP contribution in [-0.4, -0.2) is 14.7 Å². The molecule has 0 unspecified atom stereocenters. The van der Waals surface area contributed by atoms with Gasteiger partial charge in [-0.25, -0.2) is 0 Å². The Kier molecular flexibility index (Phi) is 3.53. The van der Waals surface area contributed by atoms with E-state index in [1.807, 2.05) is 26.1 Å². The number of nitro groups is 1. The fourth-order valence-corrected chi connectivity index (χ4v) is 2.59. The van der Waals surface area contributed by atoms with Gasteiger partial charge in [0.1, 0.15) is 11.6 Å². The molecule has 7 heteroatoms. The van der Waals surface area contributed by atoms with Gasteiger partial charge < -0.3 is 0 Å². The van der Waals surface area contributed by atoms with Crippen molar-refractivity contribution in [2.75, 3.05) is 0 Å². The van der Waals surface area contributed by atoms with Gasteiger partial charge in [-0.2, -0.15) is 10.4 Å². The molecule has 0 bridgehead atoms. The van der Waals surface area contributed by atoms with Gasteiger partial charge in [0.05, 0.1) is 15.6 Å². The molecule has 1 aromatic carbocycles. The van der Waals surface area contributed by atoms with E-state index in [9.17, 15) is 10.1 Å². The fourth-order valence-electron chi connectivity index (χ4n) is 1.63. The minimum atomic E-state index is -0.554. The zero-order valence-corrected chi connectivity index (χ0v) is 11.1. The highest BCUT2D eigenvalue weighted by atomic mass is 32.2. The van der Waals surface area contributed by atoms with Gasteiger partial charge in [0.2, 0.25) is 0 Å². The molecule has 6 nitrogen and oxygen atoms in total. The van der Waals surface area contributed by atoms with Crippen molar-refractivity contribution in [3.05, 3.63) is 45.6 Å². The second-order valence-electron chi connectivity index (χ2n) is 3.90. The Labute approximate surface area is 113 Å². The minimum Gasteiger partial charge on any atom is -0.262 e. The summed E-state index contributed by atoms with van der Waals surface area (Å²) >= 11 is 1.41. The van der Waals surface area contributed by atoms with Crippen molar-refractivity contribution in [1.29, 1.82) is 5.26 Å². The normalized spacial score (nSPS) is 10.2. The van der Waals surface area contributed by atoms with E-state index >= 15 is 0 Å². The van der Waals surface area contributed by atoms with Crippen LogP contribution < -0.4 is 0 Å². The Morgan fingerprint density at radius 2 is 2.21 bits per heavy atom. The molecule has 96 valence electrons. The molecule has 1 aromatic heterocycles. The van der Waals surface area contributed by atoms with E-state index in [0.717, 1.165) is 15.6 Å². The smallest absolute Gasteiger partial charge is 0.262 e. The van der Waals surface area contributed by atoms with Gasteiger partial charge in [0.15, 0.2) is 0 Å². The average Bonchev–Trinajstić information content (AvgIpc) is 2.67. The van der Waals surface area contributed by atoms with Crippen LogP contribution in [0.3, 0.4) is 0 Å². The monoisotopic (exact) mass is 274 g/mol. The van der Waals surface area contributed by atoms with E-state index in [0.29, 0.717) is 0 Å². The third kappa shape index (κ3) is 2.74. The summed E-state index contributed by atoms with van der Waals surface area (Å²) in [4.78, 5) is 11.0. The Balaban J connectivity index is 2.35. The SMILES string of the molecule is Cc1cc(Sc2ccc([N+](=O)[O-])c(C#N)c2)n(C)n1. The molecule has 0 spiro atoms. The summed E-state index contributed by atoms with van der Waals surface area (Å²) in [6.45, 7) is 1.89. The third-order valence-electron chi connectivity index (χ3n) is 2.47. The molecule has 2 aromatic rings. The van der Waals surface area contributed by atoms with Gasteiger partial charge in [0.25, 0.3) is 5.69 Å².